The molecule has 1 aliphatic heterocycles. The lowest BCUT2D eigenvalue weighted by Gasteiger charge is -2.31. The molecule has 8 heteroatoms. The van der Waals surface area contributed by atoms with Gasteiger partial charge in [0.05, 0.1) is 17.4 Å². The zero-order chi connectivity index (χ0) is 17.4. The number of carbonyl (C=O) groups excluding carboxylic acids is 1. The lowest BCUT2D eigenvalue weighted by molar-refractivity contribution is -0.115. The van der Waals surface area contributed by atoms with Gasteiger partial charge in [-0.3, -0.25) is 0 Å². The molecule has 1 aliphatic rings. The Labute approximate surface area is 144 Å². The van der Waals surface area contributed by atoms with Gasteiger partial charge in [-0.1, -0.05) is 0 Å². The maximum absolute atomic E-state index is 11.5. The van der Waals surface area contributed by atoms with Crippen molar-refractivity contribution in [2.24, 2.45) is 0 Å². The maximum atomic E-state index is 11.5. The highest BCUT2D eigenvalue weighted by molar-refractivity contribution is 6.04. The number of hydrogen-bond acceptors (Lipinski definition) is 6. The number of pyridine rings is 1. The minimum Gasteiger partial charge on any atom is -0.351 e. The van der Waals surface area contributed by atoms with E-state index in [-0.39, 0.29) is 5.92 Å². The van der Waals surface area contributed by atoms with Gasteiger partial charge in [-0.15, -0.1) is 5.06 Å². The monoisotopic (exact) mass is 340 g/mol. The maximum Gasteiger partial charge on any atom is 0.426 e. The van der Waals surface area contributed by atoms with Gasteiger partial charge in [0.2, 0.25) is 0 Å². The van der Waals surface area contributed by atoms with Gasteiger partial charge in [0.15, 0.2) is 0 Å². The second-order valence-corrected chi connectivity index (χ2v) is 6.27. The predicted molar refractivity (Wildman–Crippen MR) is 93.0 cm³/mol. The van der Waals surface area contributed by atoms with Crippen LogP contribution in [0, 0.1) is 6.92 Å². The van der Waals surface area contributed by atoms with Crippen LogP contribution in [0.4, 0.5) is 4.79 Å². The number of aromatic nitrogens is 4. The summed E-state index contributed by atoms with van der Waals surface area (Å²) >= 11 is 0. The van der Waals surface area contributed by atoms with Gasteiger partial charge in [-0.25, -0.2) is 19.7 Å². The Balaban J connectivity index is 1.77. The van der Waals surface area contributed by atoms with Crippen LogP contribution in [0.25, 0.3) is 21.9 Å². The Morgan fingerprint density at radius 1 is 1.44 bits per heavy atom. The van der Waals surface area contributed by atoms with E-state index in [0.29, 0.717) is 6.54 Å². The zero-order valence-electron chi connectivity index (χ0n) is 14.2. The highest BCUT2D eigenvalue weighted by atomic mass is 16.7. The SMILES string of the molecule is CNC(=O)ON1CCCC(c2nc(C)nc3cnc4[nH]ccc4c23)C1. The highest BCUT2D eigenvalue weighted by Crippen LogP contribution is 2.33. The van der Waals surface area contributed by atoms with Crippen LogP contribution in [0.3, 0.4) is 0 Å². The van der Waals surface area contributed by atoms with Crippen molar-refractivity contribution in [3.63, 3.8) is 0 Å². The molecule has 130 valence electrons. The number of nitrogens with zero attached hydrogens (tertiary/aromatic N) is 4. The Morgan fingerprint density at radius 2 is 2.32 bits per heavy atom. The molecule has 0 aromatic carbocycles. The predicted octanol–water partition coefficient (Wildman–Crippen LogP) is 2.26. The summed E-state index contributed by atoms with van der Waals surface area (Å²) in [4.78, 5) is 33.7. The Morgan fingerprint density at radius 3 is 3.16 bits per heavy atom. The van der Waals surface area contributed by atoms with Gasteiger partial charge in [-0.2, -0.15) is 0 Å². The van der Waals surface area contributed by atoms with E-state index in [4.69, 9.17) is 9.82 Å². The Kier molecular flexibility index (Phi) is 3.96. The zero-order valence-corrected chi connectivity index (χ0v) is 14.2. The molecule has 2 N–H and O–H groups in total. The van der Waals surface area contributed by atoms with E-state index in [1.165, 1.54) is 0 Å². The van der Waals surface area contributed by atoms with Crippen LogP contribution in [0.2, 0.25) is 0 Å². The van der Waals surface area contributed by atoms with Gasteiger partial charge in [0.1, 0.15) is 11.5 Å². The van der Waals surface area contributed by atoms with Gasteiger partial charge in [0, 0.05) is 43.0 Å². The Hall–Kier alpha value is -2.74. The second-order valence-electron chi connectivity index (χ2n) is 6.27. The van der Waals surface area contributed by atoms with Crippen LogP contribution in [0.5, 0.6) is 0 Å². The number of amides is 1. The molecule has 0 radical (unpaired) electrons. The van der Waals surface area contributed by atoms with E-state index in [0.717, 1.165) is 52.8 Å². The number of carbonyl (C=O) groups is 1. The number of rotatable bonds is 2. The first-order valence-electron chi connectivity index (χ1n) is 8.40. The summed E-state index contributed by atoms with van der Waals surface area (Å²) in [6, 6.07) is 2.01. The molecular formula is C17H20N6O2. The number of nitrogens with one attached hydrogen (secondary N) is 2. The van der Waals surface area contributed by atoms with E-state index in [2.05, 4.69) is 20.3 Å². The molecule has 1 atom stereocenters. The fourth-order valence-corrected chi connectivity index (χ4v) is 3.49. The topological polar surface area (TPSA) is 96.0 Å². The summed E-state index contributed by atoms with van der Waals surface area (Å²) < 4.78 is 0. The summed E-state index contributed by atoms with van der Waals surface area (Å²) in [5.41, 5.74) is 2.68. The molecule has 0 aliphatic carbocycles. The quantitative estimate of drug-likeness (QED) is 0.743. The lowest BCUT2D eigenvalue weighted by Crippen LogP contribution is -2.39. The standard InChI is InChI=1S/C17H20N6O2/c1-10-21-13-8-20-16-12(5-6-19-16)14(13)15(22-10)11-4-3-7-23(9-11)25-17(24)18-2/h5-6,8,11H,3-4,7,9H2,1-2H3,(H,18,24)(H,19,20). The number of hydroxylamine groups is 2. The minimum absolute atomic E-state index is 0.170. The summed E-state index contributed by atoms with van der Waals surface area (Å²) in [5.74, 6) is 0.895. The molecule has 1 amide bonds. The van der Waals surface area contributed by atoms with Crippen LogP contribution in [-0.2, 0) is 4.84 Å². The fourth-order valence-electron chi connectivity index (χ4n) is 3.49. The van der Waals surface area contributed by atoms with Crippen LogP contribution in [0.1, 0.15) is 30.3 Å². The smallest absolute Gasteiger partial charge is 0.351 e. The summed E-state index contributed by atoms with van der Waals surface area (Å²) in [6.45, 7) is 3.24. The molecule has 0 bridgehead atoms. The van der Waals surface area contributed by atoms with Crippen LogP contribution in [-0.4, -0.2) is 51.2 Å². The lowest BCUT2D eigenvalue weighted by atomic mass is 9.92. The molecule has 3 aromatic rings. The van der Waals surface area contributed by atoms with Crippen molar-refractivity contribution < 1.29 is 9.63 Å². The third kappa shape index (κ3) is 2.89. The van der Waals surface area contributed by atoms with Crippen molar-refractivity contribution >= 4 is 28.0 Å². The van der Waals surface area contributed by atoms with Crippen LogP contribution >= 0.6 is 0 Å². The molecule has 25 heavy (non-hydrogen) atoms. The molecule has 3 aromatic heterocycles. The number of hydrogen-bond donors (Lipinski definition) is 2. The number of piperidine rings is 1. The van der Waals surface area contributed by atoms with Crippen molar-refractivity contribution in [3.8, 4) is 0 Å². The first kappa shape index (κ1) is 15.8. The number of aryl methyl sites for hydroxylation is 1. The van der Waals surface area contributed by atoms with Crippen molar-refractivity contribution in [1.82, 2.24) is 30.3 Å². The minimum atomic E-state index is -0.443. The van der Waals surface area contributed by atoms with Gasteiger partial charge in [0.25, 0.3) is 0 Å². The van der Waals surface area contributed by atoms with Gasteiger partial charge >= 0.3 is 6.09 Å². The molecule has 1 saturated heterocycles. The van der Waals surface area contributed by atoms with Gasteiger partial charge < -0.3 is 15.1 Å². The molecule has 1 fully saturated rings. The molecule has 1 unspecified atom stereocenters. The highest BCUT2D eigenvalue weighted by Gasteiger charge is 2.27. The van der Waals surface area contributed by atoms with Crippen molar-refractivity contribution in [2.45, 2.75) is 25.7 Å². The first-order chi connectivity index (χ1) is 12.2. The third-order valence-electron chi connectivity index (χ3n) is 4.57. The Bertz CT molecular complexity index is 937. The molecule has 4 rings (SSSR count). The average Bonchev–Trinajstić information content (AvgIpc) is 3.09. The molecule has 4 heterocycles. The normalized spacial score (nSPS) is 18.6. The first-order valence-corrected chi connectivity index (χ1v) is 8.40. The van der Waals surface area contributed by atoms with E-state index in [1.54, 1.807) is 18.3 Å². The van der Waals surface area contributed by atoms with E-state index in [9.17, 15) is 4.79 Å². The molecule has 0 saturated carbocycles. The number of fused-ring (bicyclic) bond motifs is 3. The van der Waals surface area contributed by atoms with E-state index in [1.807, 2.05) is 19.2 Å². The molecular weight excluding hydrogens is 320 g/mol. The van der Waals surface area contributed by atoms with Crippen molar-refractivity contribution in [3.05, 3.63) is 30.0 Å². The largest absolute Gasteiger partial charge is 0.426 e. The summed E-state index contributed by atoms with van der Waals surface area (Å²) in [5, 5.41) is 6.26. The van der Waals surface area contributed by atoms with Crippen molar-refractivity contribution in [1.29, 1.82) is 0 Å². The van der Waals surface area contributed by atoms with E-state index >= 15 is 0 Å². The number of H-pyrrole nitrogens is 1. The molecule has 0 spiro atoms. The second kappa shape index (κ2) is 6.29. The van der Waals surface area contributed by atoms with Gasteiger partial charge in [-0.05, 0) is 25.8 Å². The summed E-state index contributed by atoms with van der Waals surface area (Å²) in [7, 11) is 1.56. The van der Waals surface area contributed by atoms with Crippen LogP contribution < -0.4 is 5.32 Å². The van der Waals surface area contributed by atoms with E-state index < -0.39 is 6.09 Å². The number of aromatic amines is 1. The molecule has 8 nitrogen and oxygen atoms in total. The van der Waals surface area contributed by atoms with Crippen molar-refractivity contribution in [2.75, 3.05) is 20.1 Å². The summed E-state index contributed by atoms with van der Waals surface area (Å²) in [6.07, 6.45) is 5.15. The third-order valence-corrected chi connectivity index (χ3v) is 4.57. The van der Waals surface area contributed by atoms with Crippen LogP contribution in [0.15, 0.2) is 18.5 Å². The average molecular weight is 340 g/mol. The fraction of sp³-hybridized carbons (Fsp3) is 0.412.